The monoisotopic (exact) mass is 320 g/mol. The van der Waals surface area contributed by atoms with Gasteiger partial charge in [-0.05, 0) is 42.3 Å². The molecule has 2 aromatic carbocycles. The Balaban J connectivity index is 1.84. The van der Waals surface area contributed by atoms with Gasteiger partial charge in [0.15, 0.2) is 17.5 Å². The van der Waals surface area contributed by atoms with Crippen LogP contribution in [0.3, 0.4) is 0 Å². The van der Waals surface area contributed by atoms with Gasteiger partial charge in [-0.3, -0.25) is 9.59 Å². The summed E-state index contributed by atoms with van der Waals surface area (Å²) in [5.74, 6) is -5.55. The minimum atomic E-state index is -1.69. The lowest BCUT2D eigenvalue weighted by atomic mass is 10.0. The predicted molar refractivity (Wildman–Crippen MR) is 77.7 cm³/mol. The van der Waals surface area contributed by atoms with Crippen molar-refractivity contribution in [3.8, 4) is 0 Å². The van der Waals surface area contributed by atoms with E-state index in [9.17, 15) is 22.8 Å². The maximum Gasteiger partial charge on any atom is 0.258 e. The Labute approximate surface area is 129 Å². The van der Waals surface area contributed by atoms with Crippen molar-refractivity contribution < 1.29 is 22.8 Å². The molecule has 0 aromatic heterocycles. The molecular formula is C16H11F3N2O2. The van der Waals surface area contributed by atoms with Crippen LogP contribution < -0.4 is 10.6 Å². The quantitative estimate of drug-likeness (QED) is 0.835. The van der Waals surface area contributed by atoms with E-state index < -0.39 is 28.9 Å². The molecule has 1 heterocycles. The fraction of sp³-hybridized carbons (Fsp3) is 0.125. The van der Waals surface area contributed by atoms with Crippen LogP contribution in [0.5, 0.6) is 0 Å². The number of nitrogens with one attached hydrogen (secondary N) is 2. The van der Waals surface area contributed by atoms with Crippen LogP contribution in [-0.2, 0) is 11.2 Å². The van der Waals surface area contributed by atoms with Gasteiger partial charge in [-0.1, -0.05) is 0 Å². The molecule has 3 rings (SSSR count). The lowest BCUT2D eigenvalue weighted by Gasteiger charge is -2.17. The number of anilines is 2. The number of amides is 2. The summed E-state index contributed by atoms with van der Waals surface area (Å²) in [5.41, 5.74) is 1.26. The molecular weight excluding hydrogens is 309 g/mol. The molecule has 2 amide bonds. The Morgan fingerprint density at radius 1 is 1.04 bits per heavy atom. The molecule has 0 saturated heterocycles. The number of aryl methyl sites for hydroxylation is 1. The Kier molecular flexibility index (Phi) is 3.77. The Morgan fingerprint density at radius 2 is 1.83 bits per heavy atom. The standard InChI is InChI=1S/C16H11F3N2O2/c17-11-4-3-10(14(18)15(11)19)16(23)20-9-2-5-12-8(7-9)1-6-13(22)21-12/h2-5,7H,1,6H2,(H,20,23)(H,21,22). The molecule has 4 nitrogen and oxygen atoms in total. The number of carbonyl (C=O) groups is 2. The molecule has 0 radical (unpaired) electrons. The number of fused-ring (bicyclic) bond motifs is 1. The Morgan fingerprint density at radius 3 is 2.61 bits per heavy atom. The SMILES string of the molecule is O=C1CCc2cc(NC(=O)c3ccc(F)c(F)c3F)ccc2N1. The summed E-state index contributed by atoms with van der Waals surface area (Å²) in [4.78, 5) is 23.3. The highest BCUT2D eigenvalue weighted by Crippen LogP contribution is 2.26. The van der Waals surface area contributed by atoms with Crippen LogP contribution >= 0.6 is 0 Å². The molecule has 0 spiro atoms. The van der Waals surface area contributed by atoms with Crippen LogP contribution in [0.25, 0.3) is 0 Å². The highest BCUT2D eigenvalue weighted by Gasteiger charge is 2.20. The van der Waals surface area contributed by atoms with Crippen LogP contribution in [-0.4, -0.2) is 11.8 Å². The highest BCUT2D eigenvalue weighted by atomic mass is 19.2. The minimum absolute atomic E-state index is 0.0851. The smallest absolute Gasteiger partial charge is 0.258 e. The molecule has 0 fully saturated rings. The molecule has 1 aliphatic heterocycles. The zero-order valence-electron chi connectivity index (χ0n) is 11.8. The first-order chi connectivity index (χ1) is 11.0. The molecule has 0 unspecified atom stereocenters. The molecule has 2 N–H and O–H groups in total. The second-order valence-electron chi connectivity index (χ2n) is 5.10. The maximum absolute atomic E-state index is 13.6. The molecule has 23 heavy (non-hydrogen) atoms. The lowest BCUT2D eigenvalue weighted by Crippen LogP contribution is -2.20. The van der Waals surface area contributed by atoms with E-state index in [-0.39, 0.29) is 5.91 Å². The summed E-state index contributed by atoms with van der Waals surface area (Å²) in [6.07, 6.45) is 0.854. The second kappa shape index (κ2) is 5.75. The van der Waals surface area contributed by atoms with E-state index in [1.807, 2.05) is 0 Å². The molecule has 1 aliphatic rings. The van der Waals surface area contributed by atoms with Gasteiger partial charge in [-0.25, -0.2) is 13.2 Å². The van der Waals surface area contributed by atoms with Crippen molar-refractivity contribution in [2.75, 3.05) is 10.6 Å². The van der Waals surface area contributed by atoms with Gasteiger partial charge in [0, 0.05) is 17.8 Å². The summed E-state index contributed by atoms with van der Waals surface area (Å²) in [6, 6.07) is 6.35. The number of rotatable bonds is 2. The van der Waals surface area contributed by atoms with Crippen molar-refractivity contribution in [2.45, 2.75) is 12.8 Å². The van der Waals surface area contributed by atoms with Crippen LogP contribution in [0.15, 0.2) is 30.3 Å². The van der Waals surface area contributed by atoms with Crippen molar-refractivity contribution in [3.63, 3.8) is 0 Å². The summed E-state index contributed by atoms with van der Waals surface area (Å²) in [7, 11) is 0. The van der Waals surface area contributed by atoms with E-state index in [0.717, 1.165) is 11.6 Å². The summed E-state index contributed by atoms with van der Waals surface area (Å²) < 4.78 is 39.7. The van der Waals surface area contributed by atoms with Gasteiger partial charge in [-0.2, -0.15) is 0 Å². The Hall–Kier alpha value is -2.83. The van der Waals surface area contributed by atoms with Gasteiger partial charge < -0.3 is 10.6 Å². The highest BCUT2D eigenvalue weighted by molar-refractivity contribution is 6.05. The molecule has 2 aromatic rings. The van der Waals surface area contributed by atoms with E-state index >= 15 is 0 Å². The first-order valence-electron chi connectivity index (χ1n) is 6.83. The molecule has 0 saturated carbocycles. The van der Waals surface area contributed by atoms with Gasteiger partial charge in [0.2, 0.25) is 5.91 Å². The zero-order chi connectivity index (χ0) is 16.6. The van der Waals surface area contributed by atoms with Crippen LogP contribution in [0, 0.1) is 17.5 Å². The van der Waals surface area contributed by atoms with E-state index in [4.69, 9.17) is 0 Å². The average molecular weight is 320 g/mol. The number of hydrogen-bond acceptors (Lipinski definition) is 2. The van der Waals surface area contributed by atoms with Crippen LogP contribution in [0.4, 0.5) is 24.5 Å². The molecule has 0 aliphatic carbocycles. The average Bonchev–Trinajstić information content (AvgIpc) is 2.52. The first-order valence-corrected chi connectivity index (χ1v) is 6.83. The van der Waals surface area contributed by atoms with Crippen molar-refractivity contribution in [1.29, 1.82) is 0 Å². The van der Waals surface area contributed by atoms with Gasteiger partial charge in [0.1, 0.15) is 0 Å². The van der Waals surface area contributed by atoms with E-state index in [0.29, 0.717) is 30.3 Å². The van der Waals surface area contributed by atoms with E-state index in [1.165, 1.54) is 6.07 Å². The third-order valence-corrected chi connectivity index (χ3v) is 3.54. The molecule has 0 bridgehead atoms. The normalized spacial score (nSPS) is 13.3. The molecule has 7 heteroatoms. The van der Waals surface area contributed by atoms with Crippen molar-refractivity contribution in [2.24, 2.45) is 0 Å². The second-order valence-corrected chi connectivity index (χ2v) is 5.10. The minimum Gasteiger partial charge on any atom is -0.326 e. The molecule has 0 atom stereocenters. The van der Waals surface area contributed by atoms with Crippen molar-refractivity contribution in [3.05, 3.63) is 58.9 Å². The van der Waals surface area contributed by atoms with Gasteiger partial charge >= 0.3 is 0 Å². The third-order valence-electron chi connectivity index (χ3n) is 3.54. The summed E-state index contributed by atoms with van der Waals surface area (Å²) in [5, 5.41) is 5.12. The summed E-state index contributed by atoms with van der Waals surface area (Å²) >= 11 is 0. The number of halogens is 3. The van der Waals surface area contributed by atoms with Gasteiger partial charge in [0.05, 0.1) is 5.56 Å². The van der Waals surface area contributed by atoms with E-state index in [2.05, 4.69) is 10.6 Å². The fourth-order valence-electron chi connectivity index (χ4n) is 2.36. The third kappa shape index (κ3) is 2.90. The fourth-order valence-corrected chi connectivity index (χ4v) is 2.36. The predicted octanol–water partition coefficient (Wildman–Crippen LogP) is 3.24. The van der Waals surface area contributed by atoms with Crippen LogP contribution in [0.1, 0.15) is 22.3 Å². The van der Waals surface area contributed by atoms with E-state index in [1.54, 1.807) is 12.1 Å². The summed E-state index contributed by atoms with van der Waals surface area (Å²) in [6.45, 7) is 0. The van der Waals surface area contributed by atoms with Gasteiger partial charge in [-0.15, -0.1) is 0 Å². The number of carbonyl (C=O) groups excluding carboxylic acids is 2. The Bertz CT molecular complexity index is 821. The lowest BCUT2D eigenvalue weighted by molar-refractivity contribution is -0.116. The number of hydrogen-bond donors (Lipinski definition) is 2. The number of benzene rings is 2. The van der Waals surface area contributed by atoms with Crippen molar-refractivity contribution in [1.82, 2.24) is 0 Å². The largest absolute Gasteiger partial charge is 0.326 e. The van der Waals surface area contributed by atoms with Gasteiger partial charge in [0.25, 0.3) is 5.91 Å². The maximum atomic E-state index is 13.6. The van der Waals surface area contributed by atoms with Crippen molar-refractivity contribution >= 4 is 23.2 Å². The molecule has 118 valence electrons. The zero-order valence-corrected chi connectivity index (χ0v) is 11.8. The van der Waals surface area contributed by atoms with Crippen LogP contribution in [0.2, 0.25) is 0 Å². The first kappa shape index (κ1) is 15.1. The topological polar surface area (TPSA) is 58.2 Å².